The van der Waals surface area contributed by atoms with Crippen LogP contribution in [-0.2, 0) is 0 Å². The third kappa shape index (κ3) is 4.59. The number of hydrogen-bond acceptors (Lipinski definition) is 6. The van der Waals surface area contributed by atoms with Crippen molar-refractivity contribution in [2.24, 2.45) is 0 Å². The predicted molar refractivity (Wildman–Crippen MR) is 106 cm³/mol. The van der Waals surface area contributed by atoms with Gasteiger partial charge in [0.15, 0.2) is 11.5 Å². The number of thiazole rings is 1. The quantitative estimate of drug-likeness (QED) is 0.802. The van der Waals surface area contributed by atoms with Crippen molar-refractivity contribution in [3.8, 4) is 22.1 Å². The fraction of sp³-hybridized carbons (Fsp3) is 0.412. The van der Waals surface area contributed by atoms with Crippen LogP contribution in [0.15, 0.2) is 23.6 Å². The summed E-state index contributed by atoms with van der Waals surface area (Å²) in [4.78, 5) is 16.8. The fourth-order valence-corrected chi connectivity index (χ4v) is 3.72. The third-order valence-electron chi connectivity index (χ3n) is 4.16. The molecule has 9 heteroatoms. The molecule has 142 valence electrons. The van der Waals surface area contributed by atoms with Crippen molar-refractivity contribution < 1.29 is 14.3 Å². The van der Waals surface area contributed by atoms with Gasteiger partial charge in [-0.1, -0.05) is 0 Å². The molecule has 1 fully saturated rings. The van der Waals surface area contributed by atoms with E-state index in [1.54, 1.807) is 5.38 Å². The molecule has 1 unspecified atom stereocenters. The summed E-state index contributed by atoms with van der Waals surface area (Å²) in [5.74, 6) is 1.38. The summed E-state index contributed by atoms with van der Waals surface area (Å²) in [6, 6.07) is 5.93. The molecule has 1 amide bonds. The van der Waals surface area contributed by atoms with Gasteiger partial charge in [0.25, 0.3) is 5.91 Å². The zero-order valence-electron chi connectivity index (χ0n) is 14.0. The number of fused-ring (bicyclic) bond motifs is 1. The fourth-order valence-electron chi connectivity index (χ4n) is 2.92. The van der Waals surface area contributed by atoms with E-state index < -0.39 is 0 Å². The number of carbonyl (C=O) groups is 1. The molecule has 1 saturated heterocycles. The lowest BCUT2D eigenvalue weighted by Crippen LogP contribution is -2.45. The minimum atomic E-state index is -0.108. The van der Waals surface area contributed by atoms with Crippen LogP contribution < -0.4 is 20.1 Å². The number of halogens is 2. The highest BCUT2D eigenvalue weighted by molar-refractivity contribution is 7.13. The minimum Gasteiger partial charge on any atom is -0.486 e. The molecular formula is C17H21Cl2N3O3S. The first-order valence-corrected chi connectivity index (χ1v) is 9.05. The van der Waals surface area contributed by atoms with Crippen LogP contribution >= 0.6 is 36.2 Å². The van der Waals surface area contributed by atoms with Gasteiger partial charge in [0.2, 0.25) is 0 Å². The van der Waals surface area contributed by atoms with E-state index in [4.69, 9.17) is 9.47 Å². The lowest BCUT2D eigenvalue weighted by molar-refractivity contribution is 0.0926. The van der Waals surface area contributed by atoms with E-state index in [9.17, 15) is 4.79 Å². The summed E-state index contributed by atoms with van der Waals surface area (Å²) < 4.78 is 11.1. The van der Waals surface area contributed by atoms with Crippen LogP contribution in [-0.4, -0.2) is 43.2 Å². The maximum atomic E-state index is 12.4. The number of rotatable bonds is 3. The van der Waals surface area contributed by atoms with Crippen molar-refractivity contribution >= 4 is 42.1 Å². The van der Waals surface area contributed by atoms with Gasteiger partial charge in [0.1, 0.15) is 23.9 Å². The summed E-state index contributed by atoms with van der Waals surface area (Å²) in [6.07, 6.45) is 2.10. The molecule has 2 aliphatic rings. The van der Waals surface area contributed by atoms with Crippen LogP contribution in [0.1, 0.15) is 23.3 Å². The Labute approximate surface area is 168 Å². The van der Waals surface area contributed by atoms with Crippen molar-refractivity contribution in [1.82, 2.24) is 15.6 Å². The number of ether oxygens (including phenoxy) is 2. The molecule has 0 spiro atoms. The molecule has 1 aromatic carbocycles. The molecule has 1 atom stereocenters. The zero-order chi connectivity index (χ0) is 16.4. The second kappa shape index (κ2) is 9.41. The predicted octanol–water partition coefficient (Wildman–Crippen LogP) is 2.91. The highest BCUT2D eigenvalue weighted by Crippen LogP contribution is 2.35. The number of carbonyl (C=O) groups excluding carboxylic acids is 1. The second-order valence-electron chi connectivity index (χ2n) is 5.91. The minimum absolute atomic E-state index is 0. The van der Waals surface area contributed by atoms with Gasteiger partial charge in [-0.3, -0.25) is 4.79 Å². The lowest BCUT2D eigenvalue weighted by Gasteiger charge is -2.23. The van der Waals surface area contributed by atoms with Gasteiger partial charge < -0.3 is 20.1 Å². The molecule has 26 heavy (non-hydrogen) atoms. The molecule has 1 aromatic heterocycles. The van der Waals surface area contributed by atoms with E-state index in [0.29, 0.717) is 18.9 Å². The van der Waals surface area contributed by atoms with E-state index in [2.05, 4.69) is 15.6 Å². The number of benzene rings is 1. The highest BCUT2D eigenvalue weighted by Gasteiger charge is 2.19. The molecule has 0 radical (unpaired) electrons. The zero-order valence-corrected chi connectivity index (χ0v) is 16.5. The Morgan fingerprint density at radius 1 is 1.23 bits per heavy atom. The summed E-state index contributed by atoms with van der Waals surface area (Å²) in [7, 11) is 0. The van der Waals surface area contributed by atoms with E-state index in [-0.39, 0.29) is 36.8 Å². The summed E-state index contributed by atoms with van der Waals surface area (Å²) in [6.45, 7) is 2.98. The third-order valence-corrected chi connectivity index (χ3v) is 5.05. The van der Waals surface area contributed by atoms with Gasteiger partial charge in [-0.15, -0.1) is 36.2 Å². The maximum absolute atomic E-state index is 12.4. The SMILES string of the molecule is Cl.Cl.O=C(NC1CCCNC1)c1csc(-c2ccc3c(c2)OCCO3)n1. The number of amides is 1. The van der Waals surface area contributed by atoms with Gasteiger partial charge in [-0.05, 0) is 37.6 Å². The average molecular weight is 418 g/mol. The van der Waals surface area contributed by atoms with E-state index >= 15 is 0 Å². The average Bonchev–Trinajstić information content (AvgIpc) is 3.12. The van der Waals surface area contributed by atoms with Gasteiger partial charge >= 0.3 is 0 Å². The summed E-state index contributed by atoms with van der Waals surface area (Å²) >= 11 is 1.46. The van der Waals surface area contributed by atoms with Crippen LogP contribution in [0, 0.1) is 0 Å². The molecule has 4 rings (SSSR count). The van der Waals surface area contributed by atoms with Crippen molar-refractivity contribution in [2.45, 2.75) is 18.9 Å². The lowest BCUT2D eigenvalue weighted by atomic mass is 10.1. The first-order chi connectivity index (χ1) is 11.8. The van der Waals surface area contributed by atoms with E-state index in [0.717, 1.165) is 48.0 Å². The summed E-state index contributed by atoms with van der Waals surface area (Å²) in [5.41, 5.74) is 1.40. The second-order valence-corrected chi connectivity index (χ2v) is 6.77. The molecular weight excluding hydrogens is 397 g/mol. The van der Waals surface area contributed by atoms with Gasteiger partial charge in [0.05, 0.1) is 0 Å². The van der Waals surface area contributed by atoms with Crippen LogP contribution in [0.4, 0.5) is 0 Å². The van der Waals surface area contributed by atoms with Gasteiger partial charge in [-0.25, -0.2) is 4.98 Å². The van der Waals surface area contributed by atoms with Crippen molar-refractivity contribution in [2.75, 3.05) is 26.3 Å². The Bertz CT molecular complexity index is 751. The molecule has 2 aliphatic heterocycles. The maximum Gasteiger partial charge on any atom is 0.271 e. The number of hydrogen-bond donors (Lipinski definition) is 2. The van der Waals surface area contributed by atoms with Gasteiger partial charge in [0, 0.05) is 23.5 Å². The Morgan fingerprint density at radius 2 is 2.04 bits per heavy atom. The normalized spacial score (nSPS) is 18.2. The van der Waals surface area contributed by atoms with Crippen molar-refractivity contribution in [1.29, 1.82) is 0 Å². The Morgan fingerprint density at radius 3 is 2.81 bits per heavy atom. The first-order valence-electron chi connectivity index (χ1n) is 8.17. The highest BCUT2D eigenvalue weighted by atomic mass is 35.5. The van der Waals surface area contributed by atoms with Crippen molar-refractivity contribution in [3.05, 3.63) is 29.3 Å². The van der Waals surface area contributed by atoms with Crippen LogP contribution in [0.2, 0.25) is 0 Å². The number of aromatic nitrogens is 1. The Kier molecular flexibility index (Phi) is 7.52. The van der Waals surface area contributed by atoms with Crippen LogP contribution in [0.25, 0.3) is 10.6 Å². The monoisotopic (exact) mass is 417 g/mol. The molecule has 2 aromatic rings. The van der Waals surface area contributed by atoms with Gasteiger partial charge in [-0.2, -0.15) is 0 Å². The standard InChI is InChI=1S/C17H19N3O3S.2ClH/c21-16(19-12-2-1-5-18-9-12)13-10-24-17(20-13)11-3-4-14-15(8-11)23-7-6-22-14;;/h3-4,8,10,12,18H,1-2,5-7,9H2,(H,19,21);2*1H. The molecule has 3 heterocycles. The smallest absolute Gasteiger partial charge is 0.271 e. The molecule has 0 saturated carbocycles. The topological polar surface area (TPSA) is 72.5 Å². The first kappa shape index (κ1) is 20.8. The van der Waals surface area contributed by atoms with Crippen LogP contribution in [0.3, 0.4) is 0 Å². The van der Waals surface area contributed by atoms with E-state index in [1.165, 1.54) is 11.3 Å². The molecule has 0 aliphatic carbocycles. The molecule has 2 N–H and O–H groups in total. The molecule has 0 bridgehead atoms. The largest absolute Gasteiger partial charge is 0.486 e. The van der Waals surface area contributed by atoms with Crippen molar-refractivity contribution in [3.63, 3.8) is 0 Å². The Hall–Kier alpha value is -1.54. The van der Waals surface area contributed by atoms with E-state index in [1.807, 2.05) is 18.2 Å². The number of nitrogens with one attached hydrogen (secondary N) is 2. The number of nitrogens with zero attached hydrogens (tertiary/aromatic N) is 1. The number of piperidine rings is 1. The Balaban J connectivity index is 0.00000121. The van der Waals surface area contributed by atoms with Crippen LogP contribution in [0.5, 0.6) is 11.5 Å². The summed E-state index contributed by atoms with van der Waals surface area (Å²) in [5, 5.41) is 8.95. The molecule has 6 nitrogen and oxygen atoms in total.